The van der Waals surface area contributed by atoms with E-state index in [4.69, 9.17) is 16.0 Å². The number of hydrogen-bond acceptors (Lipinski definition) is 6. The number of halogens is 1. The summed E-state index contributed by atoms with van der Waals surface area (Å²) < 4.78 is 7.84. The number of rotatable bonds is 7. The lowest BCUT2D eigenvalue weighted by Gasteiger charge is -2.18. The summed E-state index contributed by atoms with van der Waals surface area (Å²) in [5.41, 5.74) is 2.55. The molecule has 0 saturated heterocycles. The molecule has 0 saturated carbocycles. The SMILES string of the molecule is CCCN(CCC)Cc1nnc(-c2ncn3c2CN(C)C(=O)c2c(Cl)cccc2-3)o1. The van der Waals surface area contributed by atoms with Gasteiger partial charge in [-0.15, -0.1) is 10.2 Å². The van der Waals surface area contributed by atoms with E-state index in [1.165, 1.54) is 0 Å². The number of benzene rings is 1. The fourth-order valence-corrected chi connectivity index (χ4v) is 4.08. The minimum atomic E-state index is -0.133. The highest BCUT2D eigenvalue weighted by molar-refractivity contribution is 6.34. The first-order chi connectivity index (χ1) is 14.5. The first kappa shape index (κ1) is 20.6. The third-order valence-electron chi connectivity index (χ3n) is 5.17. The lowest BCUT2D eigenvalue weighted by molar-refractivity contribution is 0.0788. The van der Waals surface area contributed by atoms with Crippen molar-refractivity contribution in [3.8, 4) is 17.3 Å². The van der Waals surface area contributed by atoms with E-state index in [0.29, 0.717) is 46.8 Å². The lowest BCUT2D eigenvalue weighted by atomic mass is 10.1. The molecule has 1 amide bonds. The minimum Gasteiger partial charge on any atom is -0.418 e. The molecular weight excluding hydrogens is 404 g/mol. The Balaban J connectivity index is 1.70. The summed E-state index contributed by atoms with van der Waals surface area (Å²) in [5.74, 6) is 0.791. The van der Waals surface area contributed by atoms with Crippen molar-refractivity contribution in [3.05, 3.63) is 46.7 Å². The van der Waals surface area contributed by atoms with Crippen LogP contribution in [0.25, 0.3) is 17.3 Å². The van der Waals surface area contributed by atoms with Crippen LogP contribution < -0.4 is 0 Å². The first-order valence-electron chi connectivity index (χ1n) is 10.2. The predicted molar refractivity (Wildman–Crippen MR) is 114 cm³/mol. The van der Waals surface area contributed by atoms with Gasteiger partial charge >= 0.3 is 0 Å². The van der Waals surface area contributed by atoms with Gasteiger partial charge < -0.3 is 9.32 Å². The van der Waals surface area contributed by atoms with Gasteiger partial charge in [0.05, 0.1) is 35.1 Å². The lowest BCUT2D eigenvalue weighted by Crippen LogP contribution is -2.25. The van der Waals surface area contributed by atoms with Gasteiger partial charge in [0.1, 0.15) is 6.33 Å². The molecule has 0 bridgehead atoms. The van der Waals surface area contributed by atoms with Gasteiger partial charge in [0.15, 0.2) is 5.69 Å². The highest BCUT2D eigenvalue weighted by Crippen LogP contribution is 2.33. The van der Waals surface area contributed by atoms with Gasteiger partial charge in [0.25, 0.3) is 11.8 Å². The summed E-state index contributed by atoms with van der Waals surface area (Å²) in [6.45, 7) is 7.25. The van der Waals surface area contributed by atoms with Crippen molar-refractivity contribution >= 4 is 17.5 Å². The van der Waals surface area contributed by atoms with Crippen LogP contribution in [0.3, 0.4) is 0 Å². The molecule has 0 atom stereocenters. The van der Waals surface area contributed by atoms with Crippen LogP contribution in [0.1, 0.15) is 48.6 Å². The van der Waals surface area contributed by atoms with Crippen molar-refractivity contribution in [2.24, 2.45) is 0 Å². The maximum atomic E-state index is 12.9. The summed E-state index contributed by atoms with van der Waals surface area (Å²) in [7, 11) is 1.74. The average molecular weight is 429 g/mol. The largest absolute Gasteiger partial charge is 0.418 e. The van der Waals surface area contributed by atoms with Gasteiger partial charge in [0.2, 0.25) is 5.89 Å². The molecule has 3 heterocycles. The number of carbonyl (C=O) groups excluding carboxylic acids is 1. The van der Waals surface area contributed by atoms with Crippen LogP contribution in [0.4, 0.5) is 0 Å². The van der Waals surface area contributed by atoms with Crippen LogP contribution in [0.2, 0.25) is 5.02 Å². The number of hydrogen-bond donors (Lipinski definition) is 0. The molecule has 0 radical (unpaired) electrons. The van der Waals surface area contributed by atoms with Crippen LogP contribution in [-0.4, -0.2) is 55.6 Å². The molecule has 1 aromatic carbocycles. The summed E-state index contributed by atoms with van der Waals surface area (Å²) in [5, 5.41) is 8.89. The molecule has 0 N–H and O–H groups in total. The molecule has 0 aliphatic carbocycles. The summed E-state index contributed by atoms with van der Waals surface area (Å²) in [6.07, 6.45) is 3.81. The van der Waals surface area contributed by atoms with E-state index >= 15 is 0 Å². The van der Waals surface area contributed by atoms with Crippen molar-refractivity contribution < 1.29 is 9.21 Å². The maximum Gasteiger partial charge on any atom is 0.268 e. The summed E-state index contributed by atoms with van der Waals surface area (Å²) in [4.78, 5) is 21.3. The van der Waals surface area contributed by atoms with Crippen LogP contribution in [0.5, 0.6) is 0 Å². The number of imidazole rings is 1. The average Bonchev–Trinajstić information content (AvgIpc) is 3.32. The molecule has 3 aromatic rings. The normalized spacial score (nSPS) is 13.5. The molecule has 0 fully saturated rings. The zero-order valence-electron chi connectivity index (χ0n) is 17.4. The van der Waals surface area contributed by atoms with Crippen molar-refractivity contribution in [1.29, 1.82) is 0 Å². The first-order valence-corrected chi connectivity index (χ1v) is 10.6. The van der Waals surface area contributed by atoms with Crippen molar-refractivity contribution in [1.82, 2.24) is 29.5 Å². The molecule has 1 aliphatic heterocycles. The molecular formula is C21H25ClN6O2. The highest BCUT2D eigenvalue weighted by atomic mass is 35.5. The van der Waals surface area contributed by atoms with E-state index in [1.54, 1.807) is 24.3 Å². The molecule has 8 nitrogen and oxygen atoms in total. The predicted octanol–water partition coefficient (Wildman–Crippen LogP) is 3.78. The fraction of sp³-hybridized carbons (Fsp3) is 0.429. The molecule has 158 valence electrons. The Morgan fingerprint density at radius 2 is 1.97 bits per heavy atom. The quantitative estimate of drug-likeness (QED) is 0.569. The Kier molecular flexibility index (Phi) is 5.87. The van der Waals surface area contributed by atoms with E-state index in [-0.39, 0.29) is 5.91 Å². The molecule has 2 aromatic heterocycles. The Morgan fingerprint density at radius 1 is 1.20 bits per heavy atom. The Labute approximate surface area is 180 Å². The molecule has 9 heteroatoms. The second kappa shape index (κ2) is 8.57. The van der Waals surface area contributed by atoms with Gasteiger partial charge in [-0.05, 0) is 38.1 Å². The highest BCUT2D eigenvalue weighted by Gasteiger charge is 2.29. The van der Waals surface area contributed by atoms with Crippen molar-refractivity contribution in [2.75, 3.05) is 20.1 Å². The molecule has 30 heavy (non-hydrogen) atoms. The standard InChI is InChI=1S/C21H25ClN6O2/c1-4-9-27(10-5-2)12-17-24-25-20(30-17)19-16-11-26(3)21(29)18-14(22)7-6-8-15(18)28(16)13-23-19/h6-8,13H,4-5,9-12H2,1-3H3. The number of fused-ring (bicyclic) bond motifs is 3. The van der Waals surface area contributed by atoms with Crippen molar-refractivity contribution in [2.45, 2.75) is 39.8 Å². The monoisotopic (exact) mass is 428 g/mol. The van der Waals surface area contributed by atoms with Crippen LogP contribution in [0.15, 0.2) is 28.9 Å². The Hall–Kier alpha value is -2.71. The van der Waals surface area contributed by atoms with Crippen LogP contribution in [-0.2, 0) is 13.1 Å². The number of nitrogens with zero attached hydrogens (tertiary/aromatic N) is 6. The summed E-state index contributed by atoms with van der Waals surface area (Å²) in [6, 6.07) is 5.40. The Bertz CT molecular complexity index is 1050. The van der Waals surface area contributed by atoms with Gasteiger partial charge in [-0.3, -0.25) is 14.3 Å². The van der Waals surface area contributed by atoms with Gasteiger partial charge in [-0.25, -0.2) is 4.98 Å². The van der Waals surface area contributed by atoms with E-state index < -0.39 is 0 Å². The second-order valence-corrected chi connectivity index (χ2v) is 7.89. The Morgan fingerprint density at radius 3 is 2.70 bits per heavy atom. The number of amides is 1. The number of aromatic nitrogens is 4. The van der Waals surface area contributed by atoms with E-state index in [9.17, 15) is 4.79 Å². The third kappa shape index (κ3) is 3.73. The van der Waals surface area contributed by atoms with Gasteiger partial charge in [-0.2, -0.15) is 0 Å². The van der Waals surface area contributed by atoms with Crippen LogP contribution in [0, 0.1) is 0 Å². The van der Waals surface area contributed by atoms with E-state index in [1.807, 2.05) is 16.7 Å². The topological polar surface area (TPSA) is 80.3 Å². The molecule has 4 rings (SSSR count). The van der Waals surface area contributed by atoms with E-state index in [0.717, 1.165) is 31.6 Å². The summed E-state index contributed by atoms with van der Waals surface area (Å²) >= 11 is 6.34. The molecule has 0 spiro atoms. The smallest absolute Gasteiger partial charge is 0.268 e. The molecule has 1 aliphatic rings. The maximum absolute atomic E-state index is 12.9. The van der Waals surface area contributed by atoms with Crippen LogP contribution >= 0.6 is 11.6 Å². The van der Waals surface area contributed by atoms with Gasteiger partial charge in [-0.1, -0.05) is 31.5 Å². The third-order valence-corrected chi connectivity index (χ3v) is 5.49. The van der Waals surface area contributed by atoms with Crippen molar-refractivity contribution in [3.63, 3.8) is 0 Å². The number of carbonyl (C=O) groups is 1. The zero-order valence-corrected chi connectivity index (χ0v) is 18.2. The fourth-order valence-electron chi connectivity index (χ4n) is 3.83. The van der Waals surface area contributed by atoms with E-state index in [2.05, 4.69) is 33.9 Å². The molecule has 0 unspecified atom stereocenters. The zero-order chi connectivity index (χ0) is 21.3. The second-order valence-electron chi connectivity index (χ2n) is 7.48. The minimum absolute atomic E-state index is 0.133. The van der Waals surface area contributed by atoms with Gasteiger partial charge in [0, 0.05) is 7.05 Å².